The topological polar surface area (TPSA) is 124 Å². The van der Waals surface area contributed by atoms with Crippen molar-refractivity contribution in [2.24, 2.45) is 5.11 Å². The molecule has 0 spiro atoms. The average Bonchev–Trinajstić information content (AvgIpc) is 2.81. The van der Waals surface area contributed by atoms with E-state index in [1.807, 2.05) is 0 Å². The minimum atomic E-state index is -1.08. The summed E-state index contributed by atoms with van der Waals surface area (Å²) in [5.74, 6) is -0.651. The number of aromatic carboxylic acids is 1. The highest BCUT2D eigenvalue weighted by Gasteiger charge is 2.23. The summed E-state index contributed by atoms with van der Waals surface area (Å²) in [6.45, 7) is 1.42. The largest absolute Gasteiger partial charge is 0.476 e. The molecule has 0 saturated heterocycles. The van der Waals surface area contributed by atoms with Crippen LogP contribution in [0.15, 0.2) is 11.3 Å². The smallest absolute Gasteiger partial charge is 0.356 e. The van der Waals surface area contributed by atoms with Crippen molar-refractivity contribution >= 4 is 11.9 Å². The second-order valence-corrected chi connectivity index (χ2v) is 4.06. The Hall–Kier alpha value is -2.54. The molecule has 1 aliphatic rings. The van der Waals surface area contributed by atoms with Gasteiger partial charge in [-0.2, -0.15) is 0 Å². The van der Waals surface area contributed by atoms with Gasteiger partial charge in [0.15, 0.2) is 5.69 Å². The van der Waals surface area contributed by atoms with Crippen molar-refractivity contribution in [1.82, 2.24) is 14.5 Å². The van der Waals surface area contributed by atoms with Crippen LogP contribution in [-0.4, -0.2) is 44.5 Å². The second-order valence-electron chi connectivity index (χ2n) is 4.06. The van der Waals surface area contributed by atoms with E-state index in [2.05, 4.69) is 15.0 Å². The van der Waals surface area contributed by atoms with Crippen LogP contribution >= 0.6 is 0 Å². The summed E-state index contributed by atoms with van der Waals surface area (Å²) in [6.07, 6.45) is 1.62. The van der Waals surface area contributed by atoms with Crippen LogP contribution in [0.25, 0.3) is 10.4 Å². The molecular weight excluding hydrogens is 252 g/mol. The molecule has 9 heteroatoms. The number of hydrogen-bond donors (Lipinski definition) is 1. The van der Waals surface area contributed by atoms with E-state index in [0.717, 1.165) is 0 Å². The monoisotopic (exact) mass is 264 g/mol. The lowest BCUT2D eigenvalue weighted by Crippen LogP contribution is -2.38. The van der Waals surface area contributed by atoms with Gasteiger partial charge in [-0.3, -0.25) is 4.79 Å². The van der Waals surface area contributed by atoms with Gasteiger partial charge in [-0.15, -0.1) is 0 Å². The molecule has 0 unspecified atom stereocenters. The van der Waals surface area contributed by atoms with Crippen molar-refractivity contribution in [2.75, 3.05) is 13.1 Å². The Bertz CT molecular complexity index is 560. The van der Waals surface area contributed by atoms with Crippen molar-refractivity contribution in [3.8, 4) is 0 Å². The predicted octanol–water partition coefficient (Wildman–Crippen LogP) is 0.624. The van der Waals surface area contributed by atoms with E-state index in [-0.39, 0.29) is 31.1 Å². The third kappa shape index (κ3) is 2.83. The van der Waals surface area contributed by atoms with Gasteiger partial charge in [-0.25, -0.2) is 9.78 Å². The number of hydrogen-bond acceptors (Lipinski definition) is 4. The van der Waals surface area contributed by atoms with Crippen molar-refractivity contribution in [2.45, 2.75) is 19.5 Å². The first-order chi connectivity index (χ1) is 9.11. The van der Waals surface area contributed by atoms with Crippen LogP contribution in [0.5, 0.6) is 0 Å². The molecular formula is C10H12N6O3. The highest BCUT2D eigenvalue weighted by molar-refractivity contribution is 5.85. The molecule has 2 rings (SSSR count). The number of amides is 1. The Kier molecular flexibility index (Phi) is 3.67. The molecule has 9 nitrogen and oxygen atoms in total. The fourth-order valence-corrected chi connectivity index (χ4v) is 1.92. The summed E-state index contributed by atoms with van der Waals surface area (Å²) in [5.41, 5.74) is 8.12. The Balaban J connectivity index is 2.03. The molecule has 1 aromatic heterocycles. The van der Waals surface area contributed by atoms with Crippen LogP contribution in [0.1, 0.15) is 22.7 Å². The first kappa shape index (κ1) is 12.9. The van der Waals surface area contributed by atoms with E-state index < -0.39 is 5.97 Å². The lowest BCUT2D eigenvalue weighted by atomic mass is 10.3. The molecule has 0 radical (unpaired) electrons. The first-order valence-electron chi connectivity index (χ1n) is 5.70. The number of carboxylic acid groups (broad SMARTS) is 1. The number of rotatable bonds is 4. The van der Waals surface area contributed by atoms with Gasteiger partial charge >= 0.3 is 5.97 Å². The zero-order valence-corrected chi connectivity index (χ0v) is 10.1. The molecule has 0 atom stereocenters. The molecule has 0 aromatic carbocycles. The number of carbonyl (C=O) groups is 2. The van der Waals surface area contributed by atoms with Gasteiger partial charge in [-0.05, 0) is 5.53 Å². The molecule has 0 fully saturated rings. The van der Waals surface area contributed by atoms with E-state index in [1.165, 1.54) is 6.20 Å². The molecule has 1 amide bonds. The Labute approximate surface area is 108 Å². The lowest BCUT2D eigenvalue weighted by molar-refractivity contribution is -0.132. The highest BCUT2D eigenvalue weighted by atomic mass is 16.4. The number of imidazole rings is 1. The summed E-state index contributed by atoms with van der Waals surface area (Å²) >= 11 is 0. The van der Waals surface area contributed by atoms with Crippen molar-refractivity contribution in [3.05, 3.63) is 28.2 Å². The van der Waals surface area contributed by atoms with Crippen LogP contribution in [0.4, 0.5) is 0 Å². The maximum Gasteiger partial charge on any atom is 0.356 e. The number of aromatic nitrogens is 2. The SMILES string of the molecule is [N-]=[N+]=NCCC(=O)N1CCn2cc(C(=O)O)nc2C1. The third-order valence-electron chi connectivity index (χ3n) is 2.86. The number of nitrogens with zero attached hydrogens (tertiary/aromatic N) is 6. The minimum Gasteiger partial charge on any atom is -0.476 e. The van der Waals surface area contributed by atoms with Crippen LogP contribution in [0.3, 0.4) is 0 Å². The van der Waals surface area contributed by atoms with Crippen molar-refractivity contribution in [3.63, 3.8) is 0 Å². The fraction of sp³-hybridized carbons (Fsp3) is 0.500. The van der Waals surface area contributed by atoms with Gasteiger partial charge < -0.3 is 14.6 Å². The van der Waals surface area contributed by atoms with E-state index in [9.17, 15) is 9.59 Å². The molecule has 100 valence electrons. The Morgan fingerprint density at radius 2 is 2.32 bits per heavy atom. The number of carbonyl (C=O) groups excluding carboxylic acids is 1. The van der Waals surface area contributed by atoms with E-state index in [4.69, 9.17) is 10.6 Å². The first-order valence-corrected chi connectivity index (χ1v) is 5.70. The quantitative estimate of drug-likeness (QED) is 0.486. The number of fused-ring (bicyclic) bond motifs is 1. The second kappa shape index (κ2) is 5.40. The van der Waals surface area contributed by atoms with Crippen molar-refractivity contribution < 1.29 is 14.7 Å². The predicted molar refractivity (Wildman–Crippen MR) is 63.2 cm³/mol. The normalized spacial score (nSPS) is 13.6. The minimum absolute atomic E-state index is 0.0154. The van der Waals surface area contributed by atoms with E-state index in [0.29, 0.717) is 18.9 Å². The van der Waals surface area contributed by atoms with Gasteiger partial charge in [0, 0.05) is 37.2 Å². The average molecular weight is 264 g/mol. The fourth-order valence-electron chi connectivity index (χ4n) is 1.92. The van der Waals surface area contributed by atoms with E-state index >= 15 is 0 Å². The van der Waals surface area contributed by atoms with Gasteiger partial charge in [-0.1, -0.05) is 5.11 Å². The Morgan fingerprint density at radius 3 is 3.00 bits per heavy atom. The zero-order valence-electron chi connectivity index (χ0n) is 10.1. The molecule has 0 saturated carbocycles. The molecule has 2 heterocycles. The molecule has 1 N–H and O–H groups in total. The third-order valence-corrected chi connectivity index (χ3v) is 2.86. The molecule has 19 heavy (non-hydrogen) atoms. The standard InChI is InChI=1S/C10H12N6O3/c11-14-12-2-1-9(17)16-4-3-15-5-7(10(18)19)13-8(15)6-16/h5H,1-4,6H2,(H,18,19). The summed E-state index contributed by atoms with van der Waals surface area (Å²) in [5, 5.41) is 12.2. The molecule has 0 bridgehead atoms. The number of carboxylic acids is 1. The van der Waals surface area contributed by atoms with Crippen LogP contribution in [-0.2, 0) is 17.9 Å². The molecule has 0 aliphatic carbocycles. The summed E-state index contributed by atoms with van der Waals surface area (Å²) in [4.78, 5) is 30.8. The molecule has 1 aliphatic heterocycles. The molecule has 1 aromatic rings. The van der Waals surface area contributed by atoms with Crippen LogP contribution in [0.2, 0.25) is 0 Å². The maximum atomic E-state index is 11.8. The van der Waals surface area contributed by atoms with Gasteiger partial charge in [0.1, 0.15) is 5.82 Å². The summed E-state index contributed by atoms with van der Waals surface area (Å²) in [6, 6.07) is 0. The van der Waals surface area contributed by atoms with Gasteiger partial charge in [0.25, 0.3) is 0 Å². The zero-order chi connectivity index (χ0) is 13.8. The van der Waals surface area contributed by atoms with Gasteiger partial charge in [0.2, 0.25) is 5.91 Å². The van der Waals surface area contributed by atoms with Gasteiger partial charge in [0.05, 0.1) is 6.54 Å². The maximum absolute atomic E-state index is 11.8. The van der Waals surface area contributed by atoms with E-state index in [1.54, 1.807) is 9.47 Å². The lowest BCUT2D eigenvalue weighted by Gasteiger charge is -2.27. The van der Waals surface area contributed by atoms with Crippen molar-refractivity contribution in [1.29, 1.82) is 0 Å². The summed E-state index contributed by atoms with van der Waals surface area (Å²) < 4.78 is 1.74. The van der Waals surface area contributed by atoms with Crippen LogP contribution < -0.4 is 0 Å². The van der Waals surface area contributed by atoms with Crippen LogP contribution in [0, 0.1) is 0 Å². The Morgan fingerprint density at radius 1 is 1.53 bits per heavy atom. The number of azide groups is 1. The summed E-state index contributed by atoms with van der Waals surface area (Å²) in [7, 11) is 0. The highest BCUT2D eigenvalue weighted by Crippen LogP contribution is 2.13.